The molecule has 6 nitrogen and oxygen atoms in total. The third-order valence-electron chi connectivity index (χ3n) is 4.70. The van der Waals surface area contributed by atoms with Crippen LogP contribution in [0.25, 0.3) is 22.3 Å². The molecule has 0 aliphatic heterocycles. The third kappa shape index (κ3) is 3.65. The van der Waals surface area contributed by atoms with Crippen molar-refractivity contribution in [3.63, 3.8) is 0 Å². The van der Waals surface area contributed by atoms with Crippen LogP contribution in [-0.2, 0) is 6.54 Å². The summed E-state index contributed by atoms with van der Waals surface area (Å²) in [5.74, 6) is 1.69. The van der Waals surface area contributed by atoms with Gasteiger partial charge in [0.2, 0.25) is 0 Å². The van der Waals surface area contributed by atoms with Crippen LogP contribution in [0, 0.1) is 0 Å². The lowest BCUT2D eigenvalue weighted by Crippen LogP contribution is -2.31. The molecule has 0 radical (unpaired) electrons. The van der Waals surface area contributed by atoms with E-state index in [0.29, 0.717) is 34.8 Å². The highest BCUT2D eigenvalue weighted by Crippen LogP contribution is 2.31. The van der Waals surface area contributed by atoms with E-state index in [1.54, 1.807) is 26.4 Å². The molecule has 1 N–H and O–H groups in total. The number of methoxy groups -OCH3 is 2. The number of rotatable bonds is 6. The maximum Gasteiger partial charge on any atom is 0.280 e. The second-order valence-electron chi connectivity index (χ2n) is 6.48. The molecule has 0 amide bonds. The van der Waals surface area contributed by atoms with Crippen LogP contribution >= 0.6 is 0 Å². The lowest BCUT2D eigenvalue weighted by Gasteiger charge is -2.17. The van der Waals surface area contributed by atoms with Crippen molar-refractivity contribution in [3.05, 3.63) is 88.7 Å². The first-order valence-electron chi connectivity index (χ1n) is 9.23. The van der Waals surface area contributed by atoms with Gasteiger partial charge in [-0.2, -0.15) is 0 Å². The Morgan fingerprint density at radius 1 is 0.897 bits per heavy atom. The summed E-state index contributed by atoms with van der Waals surface area (Å²) in [5, 5.41) is 0.553. The van der Waals surface area contributed by atoms with E-state index in [1.807, 2.05) is 60.7 Å². The van der Waals surface area contributed by atoms with E-state index < -0.39 is 0 Å². The average Bonchev–Trinajstić information content (AvgIpc) is 2.78. The summed E-state index contributed by atoms with van der Waals surface area (Å²) in [4.78, 5) is 18.0. The summed E-state index contributed by atoms with van der Waals surface area (Å²) in [6.07, 6.45) is 0. The molecule has 1 aromatic heterocycles. The summed E-state index contributed by atoms with van der Waals surface area (Å²) < 4.78 is 12.2. The van der Waals surface area contributed by atoms with Gasteiger partial charge in [-0.05, 0) is 35.9 Å². The molecule has 146 valence electrons. The number of para-hydroxylation sites is 1. The van der Waals surface area contributed by atoms with Crippen molar-refractivity contribution in [1.29, 1.82) is 0 Å². The number of hydrogen-bond acceptors (Lipinski definition) is 5. The third-order valence-corrected chi connectivity index (χ3v) is 4.70. The van der Waals surface area contributed by atoms with Gasteiger partial charge in [0, 0.05) is 5.56 Å². The van der Waals surface area contributed by atoms with E-state index in [1.165, 1.54) is 4.68 Å². The Hall–Kier alpha value is -3.80. The van der Waals surface area contributed by atoms with Gasteiger partial charge in [-0.25, -0.2) is 9.66 Å². The Balaban J connectivity index is 1.86. The van der Waals surface area contributed by atoms with Crippen molar-refractivity contribution < 1.29 is 9.47 Å². The van der Waals surface area contributed by atoms with Crippen molar-refractivity contribution in [2.75, 3.05) is 19.6 Å². The Labute approximate surface area is 168 Å². The first kappa shape index (κ1) is 18.6. The molecule has 0 bridgehead atoms. The molecule has 3 aromatic carbocycles. The second kappa shape index (κ2) is 8.06. The molecule has 0 unspecified atom stereocenters. The standard InChI is InChI=1S/C23H21N3O3/c1-28-20-13-12-17(14-21(20)29-2)22-25-19-11-7-6-10-18(19)23(27)26(22)24-15-16-8-4-3-5-9-16/h3-14,24H,15H2,1-2H3. The van der Waals surface area contributed by atoms with E-state index in [9.17, 15) is 4.79 Å². The molecule has 0 spiro atoms. The highest BCUT2D eigenvalue weighted by molar-refractivity contribution is 5.80. The van der Waals surface area contributed by atoms with Crippen molar-refractivity contribution in [1.82, 2.24) is 9.66 Å². The number of benzene rings is 3. The smallest absolute Gasteiger partial charge is 0.280 e. The summed E-state index contributed by atoms with van der Waals surface area (Å²) in [5.41, 5.74) is 5.51. The van der Waals surface area contributed by atoms with Gasteiger partial charge in [0.05, 0.1) is 31.7 Å². The highest BCUT2D eigenvalue weighted by Gasteiger charge is 2.15. The topological polar surface area (TPSA) is 65.4 Å². The lowest BCUT2D eigenvalue weighted by atomic mass is 10.1. The van der Waals surface area contributed by atoms with E-state index in [2.05, 4.69) is 5.43 Å². The summed E-state index contributed by atoms with van der Waals surface area (Å²) in [6, 6.07) is 22.7. The van der Waals surface area contributed by atoms with Crippen LogP contribution in [0.2, 0.25) is 0 Å². The first-order valence-corrected chi connectivity index (χ1v) is 9.23. The Bertz CT molecular complexity index is 1200. The number of hydrogen-bond donors (Lipinski definition) is 1. The minimum Gasteiger partial charge on any atom is -0.493 e. The molecule has 29 heavy (non-hydrogen) atoms. The fraction of sp³-hybridized carbons (Fsp3) is 0.130. The molecule has 6 heteroatoms. The van der Waals surface area contributed by atoms with Crippen LogP contribution in [0.1, 0.15) is 5.56 Å². The van der Waals surface area contributed by atoms with E-state index in [4.69, 9.17) is 14.5 Å². The monoisotopic (exact) mass is 387 g/mol. The molecule has 0 saturated carbocycles. The number of nitrogens with one attached hydrogen (secondary N) is 1. The fourth-order valence-corrected chi connectivity index (χ4v) is 3.21. The van der Waals surface area contributed by atoms with Crippen molar-refractivity contribution in [2.24, 2.45) is 0 Å². The summed E-state index contributed by atoms with van der Waals surface area (Å²) in [6.45, 7) is 0.487. The maximum absolute atomic E-state index is 13.2. The van der Waals surface area contributed by atoms with Crippen LogP contribution < -0.4 is 20.5 Å². The van der Waals surface area contributed by atoms with Crippen molar-refractivity contribution in [2.45, 2.75) is 6.54 Å². The Morgan fingerprint density at radius 2 is 1.62 bits per heavy atom. The van der Waals surface area contributed by atoms with Gasteiger partial charge in [0.1, 0.15) is 0 Å². The first-order chi connectivity index (χ1) is 14.2. The van der Waals surface area contributed by atoms with Gasteiger partial charge >= 0.3 is 0 Å². The molecular weight excluding hydrogens is 366 g/mol. The Kier molecular flexibility index (Phi) is 5.16. The van der Waals surface area contributed by atoms with Gasteiger partial charge in [0.15, 0.2) is 17.3 Å². The molecule has 0 fully saturated rings. The SMILES string of the molecule is COc1ccc(-c2nc3ccccc3c(=O)n2NCc2ccccc2)cc1OC. The molecule has 0 saturated heterocycles. The zero-order chi connectivity index (χ0) is 20.2. The zero-order valence-corrected chi connectivity index (χ0v) is 16.3. The van der Waals surface area contributed by atoms with Gasteiger partial charge in [-0.1, -0.05) is 42.5 Å². The molecule has 4 rings (SSSR count). The highest BCUT2D eigenvalue weighted by atomic mass is 16.5. The predicted octanol–water partition coefficient (Wildman–Crippen LogP) is 3.82. The molecule has 4 aromatic rings. The summed E-state index contributed by atoms with van der Waals surface area (Å²) >= 11 is 0. The van der Waals surface area contributed by atoms with Crippen molar-refractivity contribution in [3.8, 4) is 22.9 Å². The largest absolute Gasteiger partial charge is 0.493 e. The molecular formula is C23H21N3O3. The maximum atomic E-state index is 13.2. The van der Waals surface area contributed by atoms with Gasteiger partial charge in [0.25, 0.3) is 5.56 Å². The zero-order valence-electron chi connectivity index (χ0n) is 16.3. The average molecular weight is 387 g/mol. The number of ether oxygens (including phenoxy) is 2. The van der Waals surface area contributed by atoms with Crippen LogP contribution in [0.3, 0.4) is 0 Å². The fourth-order valence-electron chi connectivity index (χ4n) is 3.21. The van der Waals surface area contributed by atoms with Crippen molar-refractivity contribution >= 4 is 10.9 Å². The minimum atomic E-state index is -0.156. The van der Waals surface area contributed by atoms with Crippen LogP contribution in [0.4, 0.5) is 0 Å². The number of aromatic nitrogens is 2. The van der Waals surface area contributed by atoms with Gasteiger partial charge < -0.3 is 14.9 Å². The van der Waals surface area contributed by atoms with E-state index in [0.717, 1.165) is 11.1 Å². The van der Waals surface area contributed by atoms with Gasteiger partial charge in [-0.15, -0.1) is 0 Å². The Morgan fingerprint density at radius 3 is 2.38 bits per heavy atom. The number of fused-ring (bicyclic) bond motifs is 1. The summed E-state index contributed by atoms with van der Waals surface area (Å²) in [7, 11) is 3.17. The molecule has 0 atom stereocenters. The normalized spacial score (nSPS) is 10.7. The predicted molar refractivity (Wildman–Crippen MR) is 114 cm³/mol. The second-order valence-corrected chi connectivity index (χ2v) is 6.48. The minimum absolute atomic E-state index is 0.156. The van der Waals surface area contributed by atoms with E-state index >= 15 is 0 Å². The molecule has 0 aliphatic rings. The van der Waals surface area contributed by atoms with Gasteiger partial charge in [-0.3, -0.25) is 4.79 Å². The van der Waals surface area contributed by atoms with Crippen LogP contribution in [-0.4, -0.2) is 23.9 Å². The van der Waals surface area contributed by atoms with E-state index in [-0.39, 0.29) is 5.56 Å². The molecule has 1 heterocycles. The molecule has 0 aliphatic carbocycles. The quantitative estimate of drug-likeness (QED) is 0.545. The lowest BCUT2D eigenvalue weighted by molar-refractivity contribution is 0.355. The number of nitrogens with zero attached hydrogens (tertiary/aromatic N) is 2. The van der Waals surface area contributed by atoms with Crippen LogP contribution in [0.5, 0.6) is 11.5 Å². The van der Waals surface area contributed by atoms with Crippen LogP contribution in [0.15, 0.2) is 77.6 Å².